The van der Waals surface area contributed by atoms with Crippen molar-refractivity contribution < 1.29 is 57.8 Å². The first-order valence-corrected chi connectivity index (χ1v) is 5.50. The van der Waals surface area contributed by atoms with E-state index in [1.54, 1.807) is 0 Å². The normalized spacial score (nSPS) is 16.9. The number of alkyl halides is 11. The lowest BCUT2D eigenvalue weighted by molar-refractivity contribution is -0.472. The first-order valence-electron chi connectivity index (χ1n) is 5.50. The van der Waals surface area contributed by atoms with Crippen molar-refractivity contribution in [3.8, 4) is 0 Å². The Hall–Kier alpha value is -1.34. The zero-order valence-corrected chi connectivity index (χ0v) is 10.9. The molecule has 0 heterocycles. The van der Waals surface area contributed by atoms with Crippen LogP contribution in [-0.2, 0) is 9.53 Å². The number of ether oxygens (including phenoxy) is 1. The number of carbonyl (C=O) groups is 1. The predicted octanol–water partition coefficient (Wildman–Crippen LogP) is 3.55. The van der Waals surface area contributed by atoms with Crippen molar-refractivity contribution in [3.63, 3.8) is 0 Å². The summed E-state index contributed by atoms with van der Waals surface area (Å²) in [6.45, 7) is 0.520. The second-order valence-electron chi connectivity index (χ2n) is 4.04. The van der Waals surface area contributed by atoms with Gasteiger partial charge in [-0.2, -0.15) is 48.3 Å². The van der Waals surface area contributed by atoms with Gasteiger partial charge in [0.2, 0.25) is 0 Å². The number of halogens is 11. The van der Waals surface area contributed by atoms with E-state index < -0.39 is 42.7 Å². The maximum absolute atomic E-state index is 13.5. The lowest BCUT2D eigenvalue weighted by Crippen LogP contribution is -2.63. The molecule has 0 aliphatic rings. The van der Waals surface area contributed by atoms with Gasteiger partial charge in [-0.25, -0.2) is 0 Å². The summed E-state index contributed by atoms with van der Waals surface area (Å²) >= 11 is 0. The van der Waals surface area contributed by atoms with Gasteiger partial charge in [0.25, 0.3) is 5.91 Å². The van der Waals surface area contributed by atoms with Gasteiger partial charge in [0.1, 0.15) is 0 Å². The van der Waals surface area contributed by atoms with E-state index in [0.29, 0.717) is 0 Å². The van der Waals surface area contributed by atoms with E-state index in [1.165, 1.54) is 6.92 Å². The standard InChI is InChI=1S/C9H8F11NO2/c1-2-3-21-4(22)5(10,7(13,14)15)23-9(19,20)6(11,12)8(16,17)18/h2-3H2,1H3,(H,21,22). The van der Waals surface area contributed by atoms with Crippen LogP contribution in [0.3, 0.4) is 0 Å². The van der Waals surface area contributed by atoms with E-state index in [4.69, 9.17) is 0 Å². The second-order valence-corrected chi connectivity index (χ2v) is 4.04. The molecular weight excluding hydrogens is 363 g/mol. The Morgan fingerprint density at radius 1 is 0.870 bits per heavy atom. The Morgan fingerprint density at radius 2 is 1.30 bits per heavy atom. The van der Waals surface area contributed by atoms with Crippen LogP contribution in [0, 0.1) is 0 Å². The number of nitrogens with one attached hydrogen (secondary N) is 1. The van der Waals surface area contributed by atoms with Gasteiger partial charge in [0, 0.05) is 6.54 Å². The molecule has 138 valence electrons. The molecule has 1 N–H and O–H groups in total. The number of amides is 1. The number of carbonyl (C=O) groups excluding carboxylic acids is 1. The van der Waals surface area contributed by atoms with Gasteiger partial charge < -0.3 is 5.32 Å². The summed E-state index contributed by atoms with van der Waals surface area (Å²) in [5.74, 6) is -16.3. The van der Waals surface area contributed by atoms with E-state index in [9.17, 15) is 53.1 Å². The summed E-state index contributed by atoms with van der Waals surface area (Å²) < 4.78 is 139. The summed E-state index contributed by atoms with van der Waals surface area (Å²) in [4.78, 5) is 10.9. The Morgan fingerprint density at radius 3 is 1.61 bits per heavy atom. The molecule has 0 bridgehead atoms. The molecule has 0 rings (SSSR count). The molecule has 1 atom stereocenters. The molecule has 0 aliphatic carbocycles. The lowest BCUT2D eigenvalue weighted by Gasteiger charge is -2.34. The average Bonchev–Trinajstić information content (AvgIpc) is 2.32. The summed E-state index contributed by atoms with van der Waals surface area (Å²) in [6, 6.07) is 0. The van der Waals surface area contributed by atoms with Gasteiger partial charge in [-0.15, -0.1) is 0 Å². The Bertz CT molecular complexity index is 430. The lowest BCUT2D eigenvalue weighted by atomic mass is 10.2. The zero-order chi connectivity index (χ0) is 18.9. The van der Waals surface area contributed by atoms with E-state index in [1.807, 2.05) is 4.74 Å². The molecule has 1 unspecified atom stereocenters. The summed E-state index contributed by atoms with van der Waals surface area (Å²) in [5.41, 5.74) is 0. The topological polar surface area (TPSA) is 38.3 Å². The van der Waals surface area contributed by atoms with Crippen LogP contribution in [0.25, 0.3) is 0 Å². The van der Waals surface area contributed by atoms with Crippen LogP contribution in [-0.4, -0.2) is 42.7 Å². The first kappa shape index (κ1) is 21.7. The highest BCUT2D eigenvalue weighted by Gasteiger charge is 2.79. The maximum Gasteiger partial charge on any atom is 0.462 e. The Kier molecular flexibility index (Phi) is 5.91. The highest BCUT2D eigenvalue weighted by atomic mass is 19.4. The van der Waals surface area contributed by atoms with Crippen LogP contribution in [0.15, 0.2) is 0 Å². The largest absolute Gasteiger partial charge is 0.462 e. The van der Waals surface area contributed by atoms with E-state index in [-0.39, 0.29) is 6.42 Å². The van der Waals surface area contributed by atoms with E-state index in [2.05, 4.69) is 0 Å². The first-order chi connectivity index (χ1) is 9.94. The molecule has 0 saturated heterocycles. The van der Waals surface area contributed by atoms with Crippen LogP contribution in [0.1, 0.15) is 13.3 Å². The van der Waals surface area contributed by atoms with Crippen molar-refractivity contribution in [2.45, 2.75) is 43.6 Å². The molecule has 0 aliphatic heterocycles. The highest BCUT2D eigenvalue weighted by molar-refractivity contribution is 5.84. The fourth-order valence-electron chi connectivity index (χ4n) is 0.991. The van der Waals surface area contributed by atoms with Crippen molar-refractivity contribution in [3.05, 3.63) is 0 Å². The molecule has 0 aromatic carbocycles. The SMILES string of the molecule is CCCNC(=O)C(F)(OC(F)(F)C(F)(F)C(F)(F)F)C(F)(F)F. The minimum Gasteiger partial charge on any atom is -0.351 e. The molecule has 14 heteroatoms. The van der Waals surface area contributed by atoms with Crippen LogP contribution in [0.5, 0.6) is 0 Å². The van der Waals surface area contributed by atoms with Gasteiger partial charge >= 0.3 is 30.2 Å². The molecule has 1 amide bonds. The molecule has 0 saturated carbocycles. The minimum absolute atomic E-state index is 0.130. The van der Waals surface area contributed by atoms with Crippen LogP contribution in [0.2, 0.25) is 0 Å². The molecule has 0 fully saturated rings. The smallest absolute Gasteiger partial charge is 0.351 e. The number of hydrogen-bond acceptors (Lipinski definition) is 2. The Labute approximate surface area is 120 Å². The fraction of sp³-hybridized carbons (Fsp3) is 0.889. The third-order valence-electron chi connectivity index (χ3n) is 2.18. The van der Waals surface area contributed by atoms with Crippen LogP contribution >= 0.6 is 0 Å². The van der Waals surface area contributed by atoms with Gasteiger partial charge in [-0.05, 0) is 6.42 Å². The molecule has 23 heavy (non-hydrogen) atoms. The van der Waals surface area contributed by atoms with Gasteiger partial charge in [0.15, 0.2) is 0 Å². The molecule has 0 aromatic heterocycles. The molecule has 0 aromatic rings. The van der Waals surface area contributed by atoms with Crippen molar-refractivity contribution in [2.24, 2.45) is 0 Å². The molecule has 0 radical (unpaired) electrons. The van der Waals surface area contributed by atoms with Gasteiger partial charge in [0.05, 0.1) is 0 Å². The van der Waals surface area contributed by atoms with E-state index >= 15 is 0 Å². The molecule has 0 spiro atoms. The van der Waals surface area contributed by atoms with Crippen molar-refractivity contribution in [2.75, 3.05) is 6.54 Å². The summed E-state index contributed by atoms with van der Waals surface area (Å²) in [6.07, 6.45) is -20.9. The summed E-state index contributed by atoms with van der Waals surface area (Å²) in [7, 11) is 0. The predicted molar refractivity (Wildman–Crippen MR) is 50.2 cm³/mol. The van der Waals surface area contributed by atoms with Gasteiger partial charge in [-0.3, -0.25) is 9.53 Å². The van der Waals surface area contributed by atoms with E-state index in [0.717, 1.165) is 5.32 Å². The van der Waals surface area contributed by atoms with Crippen LogP contribution in [0.4, 0.5) is 48.3 Å². The van der Waals surface area contributed by atoms with Crippen molar-refractivity contribution >= 4 is 5.91 Å². The number of hydrogen-bond donors (Lipinski definition) is 1. The number of rotatable bonds is 6. The van der Waals surface area contributed by atoms with Crippen molar-refractivity contribution in [1.29, 1.82) is 0 Å². The third kappa shape index (κ3) is 4.14. The molecule has 3 nitrogen and oxygen atoms in total. The zero-order valence-electron chi connectivity index (χ0n) is 10.9. The van der Waals surface area contributed by atoms with Gasteiger partial charge in [-0.1, -0.05) is 6.92 Å². The van der Waals surface area contributed by atoms with Crippen molar-refractivity contribution in [1.82, 2.24) is 5.32 Å². The quantitative estimate of drug-likeness (QED) is 0.726. The summed E-state index contributed by atoms with van der Waals surface area (Å²) in [5, 5.41) is 1.07. The highest BCUT2D eigenvalue weighted by Crippen LogP contribution is 2.50. The van der Waals surface area contributed by atoms with Crippen LogP contribution < -0.4 is 5.32 Å². The maximum atomic E-state index is 13.5. The molecular formula is C9H8F11NO2. The second kappa shape index (κ2) is 6.28. The monoisotopic (exact) mass is 371 g/mol. The Balaban J connectivity index is 5.78. The fourth-order valence-corrected chi connectivity index (χ4v) is 0.991. The average molecular weight is 371 g/mol. The minimum atomic E-state index is -7.19. The third-order valence-corrected chi connectivity index (χ3v) is 2.18.